The summed E-state index contributed by atoms with van der Waals surface area (Å²) in [6.45, 7) is 0.463. The van der Waals surface area contributed by atoms with Gasteiger partial charge in [0.25, 0.3) is 5.91 Å². The standard InChI is InChI=1S/C12H11FN2O2/c13-10-3-1-9(2-4-10)5-7-14-12(16)11-6-8-15-17-11/h1-4,6,8H,5,7H2,(H,14,16). The number of hydrogen-bond donors (Lipinski definition) is 1. The van der Waals surface area contributed by atoms with E-state index in [1.165, 1.54) is 24.4 Å². The van der Waals surface area contributed by atoms with E-state index in [1.54, 1.807) is 12.1 Å². The van der Waals surface area contributed by atoms with Gasteiger partial charge in [-0.05, 0) is 24.1 Å². The Kier molecular flexibility index (Phi) is 3.49. The first kappa shape index (κ1) is 11.3. The lowest BCUT2D eigenvalue weighted by atomic mass is 10.1. The minimum absolute atomic E-state index is 0.184. The van der Waals surface area contributed by atoms with Crippen molar-refractivity contribution in [3.63, 3.8) is 0 Å². The summed E-state index contributed by atoms with van der Waals surface area (Å²) in [4.78, 5) is 11.4. The number of benzene rings is 1. The molecule has 1 amide bonds. The number of rotatable bonds is 4. The van der Waals surface area contributed by atoms with Crippen LogP contribution in [0.2, 0.25) is 0 Å². The molecule has 88 valence electrons. The van der Waals surface area contributed by atoms with E-state index in [1.807, 2.05) is 0 Å². The van der Waals surface area contributed by atoms with Crippen molar-refractivity contribution in [3.8, 4) is 0 Å². The van der Waals surface area contributed by atoms with Gasteiger partial charge in [0.05, 0.1) is 6.20 Å². The summed E-state index contributed by atoms with van der Waals surface area (Å²) in [5.41, 5.74) is 0.962. The molecule has 1 N–H and O–H groups in total. The van der Waals surface area contributed by atoms with Gasteiger partial charge in [0.2, 0.25) is 5.76 Å². The summed E-state index contributed by atoms with van der Waals surface area (Å²) in [7, 11) is 0. The van der Waals surface area contributed by atoms with Crippen molar-refractivity contribution in [2.75, 3.05) is 6.54 Å². The van der Waals surface area contributed by atoms with E-state index in [4.69, 9.17) is 4.52 Å². The van der Waals surface area contributed by atoms with Crippen molar-refractivity contribution in [1.82, 2.24) is 10.5 Å². The van der Waals surface area contributed by atoms with Gasteiger partial charge in [0, 0.05) is 12.6 Å². The molecule has 1 aromatic heterocycles. The molecule has 0 bridgehead atoms. The van der Waals surface area contributed by atoms with Gasteiger partial charge in [-0.25, -0.2) is 4.39 Å². The maximum Gasteiger partial charge on any atom is 0.289 e. The minimum Gasteiger partial charge on any atom is -0.351 e. The number of amides is 1. The Morgan fingerprint density at radius 3 is 2.71 bits per heavy atom. The van der Waals surface area contributed by atoms with Crippen molar-refractivity contribution >= 4 is 5.91 Å². The highest BCUT2D eigenvalue weighted by Gasteiger charge is 2.08. The number of halogens is 1. The molecule has 0 aliphatic heterocycles. The van der Waals surface area contributed by atoms with E-state index in [0.717, 1.165) is 5.56 Å². The zero-order chi connectivity index (χ0) is 12.1. The van der Waals surface area contributed by atoms with E-state index in [0.29, 0.717) is 13.0 Å². The molecule has 1 heterocycles. The van der Waals surface area contributed by atoms with Crippen LogP contribution in [-0.4, -0.2) is 17.6 Å². The summed E-state index contributed by atoms with van der Waals surface area (Å²) in [6.07, 6.45) is 2.05. The lowest BCUT2D eigenvalue weighted by Crippen LogP contribution is -2.25. The predicted octanol–water partition coefficient (Wildman–Crippen LogP) is 1.79. The van der Waals surface area contributed by atoms with Crippen molar-refractivity contribution < 1.29 is 13.7 Å². The molecular weight excluding hydrogens is 223 g/mol. The van der Waals surface area contributed by atoms with Crippen molar-refractivity contribution in [3.05, 3.63) is 53.7 Å². The average Bonchev–Trinajstić information content (AvgIpc) is 2.85. The normalized spacial score (nSPS) is 10.2. The molecule has 0 spiro atoms. The van der Waals surface area contributed by atoms with Gasteiger partial charge < -0.3 is 9.84 Å². The molecule has 5 heteroatoms. The molecule has 4 nitrogen and oxygen atoms in total. The fourth-order valence-electron chi connectivity index (χ4n) is 1.39. The highest BCUT2D eigenvalue weighted by Crippen LogP contribution is 2.03. The zero-order valence-electron chi connectivity index (χ0n) is 9.02. The first-order valence-electron chi connectivity index (χ1n) is 5.19. The Balaban J connectivity index is 1.80. The van der Waals surface area contributed by atoms with Crippen LogP contribution in [0, 0.1) is 5.82 Å². The molecule has 0 aliphatic rings. The molecule has 1 aromatic carbocycles. The number of nitrogens with one attached hydrogen (secondary N) is 1. The SMILES string of the molecule is O=C(NCCc1ccc(F)cc1)c1ccno1. The molecule has 0 radical (unpaired) electrons. The van der Waals surface area contributed by atoms with E-state index < -0.39 is 0 Å². The lowest BCUT2D eigenvalue weighted by molar-refractivity contribution is 0.0917. The molecule has 0 saturated carbocycles. The van der Waals surface area contributed by atoms with Gasteiger partial charge in [-0.3, -0.25) is 4.79 Å². The Hall–Kier alpha value is -2.17. The first-order valence-corrected chi connectivity index (χ1v) is 5.19. The third-order valence-corrected chi connectivity index (χ3v) is 2.27. The second kappa shape index (κ2) is 5.25. The summed E-state index contributed by atoms with van der Waals surface area (Å²) < 4.78 is 17.3. The highest BCUT2D eigenvalue weighted by atomic mass is 19.1. The molecule has 0 fully saturated rings. The molecule has 0 unspecified atom stereocenters. The van der Waals surface area contributed by atoms with E-state index in [9.17, 15) is 9.18 Å². The van der Waals surface area contributed by atoms with E-state index in [-0.39, 0.29) is 17.5 Å². The number of aromatic nitrogens is 1. The van der Waals surface area contributed by atoms with E-state index in [2.05, 4.69) is 10.5 Å². The molecule has 0 saturated heterocycles. The Morgan fingerprint density at radius 2 is 2.06 bits per heavy atom. The van der Waals surface area contributed by atoms with Crippen LogP contribution in [0.4, 0.5) is 4.39 Å². The minimum atomic E-state index is -0.301. The predicted molar refractivity (Wildman–Crippen MR) is 58.9 cm³/mol. The number of nitrogens with zero attached hydrogens (tertiary/aromatic N) is 1. The van der Waals surface area contributed by atoms with Gasteiger partial charge in [-0.2, -0.15) is 0 Å². The highest BCUT2D eigenvalue weighted by molar-refractivity contribution is 5.91. The Labute approximate surface area is 97.4 Å². The maximum absolute atomic E-state index is 12.6. The number of carbonyl (C=O) groups is 1. The Bertz CT molecular complexity index is 480. The quantitative estimate of drug-likeness (QED) is 0.877. The summed E-state index contributed by atoms with van der Waals surface area (Å²) in [5, 5.41) is 6.12. The third-order valence-electron chi connectivity index (χ3n) is 2.27. The molecular formula is C12H11FN2O2. The van der Waals surface area contributed by atoms with Crippen LogP contribution in [-0.2, 0) is 6.42 Å². The van der Waals surface area contributed by atoms with Crippen LogP contribution in [0.15, 0.2) is 41.1 Å². The molecule has 0 aliphatic carbocycles. The molecule has 2 rings (SSSR count). The van der Waals surface area contributed by atoms with Crippen LogP contribution in [0.3, 0.4) is 0 Å². The largest absolute Gasteiger partial charge is 0.351 e. The Morgan fingerprint density at radius 1 is 1.29 bits per heavy atom. The monoisotopic (exact) mass is 234 g/mol. The first-order chi connectivity index (χ1) is 8.25. The molecule has 17 heavy (non-hydrogen) atoms. The fourth-order valence-corrected chi connectivity index (χ4v) is 1.39. The summed E-state index contributed by atoms with van der Waals surface area (Å²) in [6, 6.07) is 7.67. The van der Waals surface area contributed by atoms with Gasteiger partial charge in [0.1, 0.15) is 5.82 Å². The second-order valence-corrected chi connectivity index (χ2v) is 3.51. The van der Waals surface area contributed by atoms with Gasteiger partial charge in [0.15, 0.2) is 0 Å². The number of hydrogen-bond acceptors (Lipinski definition) is 3. The van der Waals surface area contributed by atoms with E-state index >= 15 is 0 Å². The van der Waals surface area contributed by atoms with Gasteiger partial charge >= 0.3 is 0 Å². The average molecular weight is 234 g/mol. The van der Waals surface area contributed by atoms with Gasteiger partial charge in [-0.15, -0.1) is 0 Å². The second-order valence-electron chi connectivity index (χ2n) is 3.51. The smallest absolute Gasteiger partial charge is 0.289 e. The lowest BCUT2D eigenvalue weighted by Gasteiger charge is -2.02. The van der Waals surface area contributed by atoms with Crippen molar-refractivity contribution in [2.24, 2.45) is 0 Å². The summed E-state index contributed by atoms with van der Waals surface area (Å²) >= 11 is 0. The third kappa shape index (κ3) is 3.14. The molecule has 0 atom stereocenters. The van der Waals surface area contributed by atoms with Crippen LogP contribution in [0.1, 0.15) is 16.1 Å². The van der Waals surface area contributed by atoms with Crippen molar-refractivity contribution in [1.29, 1.82) is 0 Å². The van der Waals surface area contributed by atoms with Crippen LogP contribution in [0.5, 0.6) is 0 Å². The van der Waals surface area contributed by atoms with Crippen molar-refractivity contribution in [2.45, 2.75) is 6.42 Å². The van der Waals surface area contributed by atoms with Gasteiger partial charge in [-0.1, -0.05) is 17.3 Å². The zero-order valence-corrected chi connectivity index (χ0v) is 9.02. The fraction of sp³-hybridized carbons (Fsp3) is 0.167. The van der Waals surface area contributed by atoms with Crippen LogP contribution >= 0.6 is 0 Å². The maximum atomic E-state index is 12.6. The number of carbonyl (C=O) groups excluding carboxylic acids is 1. The topological polar surface area (TPSA) is 55.1 Å². The summed E-state index contributed by atoms with van der Waals surface area (Å²) in [5.74, 6) is -0.381. The van der Waals surface area contributed by atoms with Crippen LogP contribution < -0.4 is 5.32 Å². The molecule has 2 aromatic rings. The van der Waals surface area contributed by atoms with Crippen LogP contribution in [0.25, 0.3) is 0 Å².